The highest BCUT2D eigenvalue weighted by Gasteiger charge is 2.01. The number of hydrogen-bond acceptors (Lipinski definition) is 1. The number of rotatable bonds is 4. The fraction of sp³-hybridized carbons (Fsp3) is 0.400. The van der Waals surface area contributed by atoms with E-state index in [1.807, 2.05) is 6.92 Å². The largest absolute Gasteiger partial charge is 0.311 e. The van der Waals surface area contributed by atoms with Crippen molar-refractivity contribution < 1.29 is 4.39 Å². The molecule has 1 atom stereocenters. The first-order valence-electron chi connectivity index (χ1n) is 4.38. The van der Waals surface area contributed by atoms with Gasteiger partial charge in [0.05, 0.1) is 5.02 Å². The highest BCUT2D eigenvalue weighted by molar-refractivity contribution is 6.30. The summed E-state index contributed by atoms with van der Waals surface area (Å²) < 4.78 is 12.8. The smallest absolute Gasteiger partial charge is 0.141 e. The summed E-state index contributed by atoms with van der Waals surface area (Å²) in [6.07, 6.45) is 0. The second kappa shape index (κ2) is 5.54. The first-order chi connectivity index (χ1) is 6.59. The van der Waals surface area contributed by atoms with Crippen LogP contribution in [-0.4, -0.2) is 11.9 Å². The van der Waals surface area contributed by atoms with Crippen molar-refractivity contribution in [1.29, 1.82) is 0 Å². The Hall–Kier alpha value is -0.310. The molecule has 0 heterocycles. The van der Waals surface area contributed by atoms with Crippen LogP contribution in [0.25, 0.3) is 0 Å². The summed E-state index contributed by atoms with van der Waals surface area (Å²) in [6, 6.07) is 4.68. The van der Waals surface area contributed by atoms with Gasteiger partial charge in [0.25, 0.3) is 0 Å². The number of benzene rings is 1. The maximum atomic E-state index is 12.8. The minimum atomic E-state index is -0.388. The van der Waals surface area contributed by atoms with E-state index < -0.39 is 0 Å². The first-order valence-corrected chi connectivity index (χ1v) is 5.19. The van der Waals surface area contributed by atoms with E-state index in [9.17, 15) is 4.39 Å². The van der Waals surface area contributed by atoms with Gasteiger partial charge in [-0.2, -0.15) is 0 Å². The van der Waals surface area contributed by atoms with Gasteiger partial charge in [0, 0.05) is 18.5 Å². The van der Waals surface area contributed by atoms with Crippen molar-refractivity contribution in [3.8, 4) is 0 Å². The number of nitrogens with one attached hydrogen (secondary N) is 1. The van der Waals surface area contributed by atoms with Crippen LogP contribution in [0.4, 0.5) is 4.39 Å². The predicted octanol–water partition coefficient (Wildman–Crippen LogP) is 3.20. The van der Waals surface area contributed by atoms with Gasteiger partial charge >= 0.3 is 0 Å². The molecule has 4 heteroatoms. The number of halogens is 3. The second-order valence-electron chi connectivity index (χ2n) is 3.16. The Bertz CT molecular complexity index is 302. The predicted molar refractivity (Wildman–Crippen MR) is 58.4 cm³/mol. The van der Waals surface area contributed by atoms with Crippen LogP contribution in [0.1, 0.15) is 12.5 Å². The van der Waals surface area contributed by atoms with Crippen LogP contribution in [-0.2, 0) is 6.54 Å². The molecule has 0 bridgehead atoms. The zero-order valence-corrected chi connectivity index (χ0v) is 9.37. The zero-order valence-electron chi connectivity index (χ0n) is 7.86. The third kappa shape index (κ3) is 3.82. The summed E-state index contributed by atoms with van der Waals surface area (Å²) in [7, 11) is 0. The molecule has 0 saturated carbocycles. The third-order valence-corrected chi connectivity index (χ3v) is 2.18. The van der Waals surface area contributed by atoms with Crippen molar-refractivity contribution in [1.82, 2.24) is 5.32 Å². The van der Waals surface area contributed by atoms with Crippen molar-refractivity contribution >= 4 is 23.2 Å². The van der Waals surface area contributed by atoms with Crippen molar-refractivity contribution in [3.05, 3.63) is 34.6 Å². The highest BCUT2D eigenvalue weighted by Crippen LogP contribution is 2.15. The fourth-order valence-electron chi connectivity index (χ4n) is 1.06. The summed E-state index contributed by atoms with van der Waals surface area (Å²) in [6.45, 7) is 3.28. The Morgan fingerprint density at radius 3 is 2.79 bits per heavy atom. The minimum absolute atomic E-state index is 0.0888. The Balaban J connectivity index is 2.47. The maximum absolute atomic E-state index is 12.8. The van der Waals surface area contributed by atoms with Crippen LogP contribution in [0.3, 0.4) is 0 Å². The summed E-state index contributed by atoms with van der Waals surface area (Å²) >= 11 is 11.4. The van der Waals surface area contributed by atoms with E-state index in [0.717, 1.165) is 12.1 Å². The Labute approximate surface area is 93.2 Å². The molecule has 0 fully saturated rings. The molecule has 1 aromatic carbocycles. The maximum Gasteiger partial charge on any atom is 0.141 e. The van der Waals surface area contributed by atoms with Crippen molar-refractivity contribution in [2.45, 2.75) is 18.8 Å². The van der Waals surface area contributed by atoms with Gasteiger partial charge in [0.2, 0.25) is 0 Å². The lowest BCUT2D eigenvalue weighted by Gasteiger charge is -2.06. The third-order valence-electron chi connectivity index (χ3n) is 1.74. The molecule has 1 aromatic rings. The molecule has 1 N–H and O–H groups in total. The van der Waals surface area contributed by atoms with Gasteiger partial charge in [0.15, 0.2) is 0 Å². The Kier molecular flexibility index (Phi) is 4.66. The molecule has 0 aliphatic rings. The van der Waals surface area contributed by atoms with Crippen molar-refractivity contribution in [2.24, 2.45) is 0 Å². The van der Waals surface area contributed by atoms with E-state index in [1.54, 1.807) is 12.1 Å². The first kappa shape index (κ1) is 11.8. The molecular formula is C10H12Cl2FN. The molecule has 78 valence electrons. The molecule has 0 aliphatic carbocycles. The van der Waals surface area contributed by atoms with E-state index in [4.69, 9.17) is 23.2 Å². The van der Waals surface area contributed by atoms with Gasteiger partial charge in [-0.3, -0.25) is 0 Å². The topological polar surface area (TPSA) is 12.0 Å². The van der Waals surface area contributed by atoms with Crippen LogP contribution in [0.15, 0.2) is 18.2 Å². The summed E-state index contributed by atoms with van der Waals surface area (Å²) in [4.78, 5) is 0. The summed E-state index contributed by atoms with van der Waals surface area (Å²) in [5, 5.41) is 3.38. The van der Waals surface area contributed by atoms with Gasteiger partial charge in [-0.15, -0.1) is 11.6 Å². The number of alkyl halides is 1. The van der Waals surface area contributed by atoms with Crippen LogP contribution in [0, 0.1) is 5.82 Å². The monoisotopic (exact) mass is 235 g/mol. The van der Waals surface area contributed by atoms with E-state index >= 15 is 0 Å². The van der Waals surface area contributed by atoms with Crippen molar-refractivity contribution in [3.63, 3.8) is 0 Å². The average Bonchev–Trinajstić information content (AvgIpc) is 2.10. The molecule has 0 saturated heterocycles. The van der Waals surface area contributed by atoms with Crippen LogP contribution >= 0.6 is 23.2 Å². The zero-order chi connectivity index (χ0) is 10.6. The Morgan fingerprint density at radius 1 is 1.50 bits per heavy atom. The second-order valence-corrected chi connectivity index (χ2v) is 4.31. The van der Waals surface area contributed by atoms with E-state index in [2.05, 4.69) is 5.32 Å². The van der Waals surface area contributed by atoms with Gasteiger partial charge in [-0.1, -0.05) is 17.7 Å². The molecule has 0 amide bonds. The van der Waals surface area contributed by atoms with E-state index in [-0.39, 0.29) is 16.2 Å². The Morgan fingerprint density at radius 2 is 2.21 bits per heavy atom. The van der Waals surface area contributed by atoms with Crippen molar-refractivity contribution in [2.75, 3.05) is 6.54 Å². The molecule has 0 aromatic heterocycles. The normalized spacial score (nSPS) is 12.9. The molecular weight excluding hydrogens is 224 g/mol. The lowest BCUT2D eigenvalue weighted by atomic mass is 10.2. The van der Waals surface area contributed by atoms with Crippen LogP contribution < -0.4 is 5.32 Å². The SMILES string of the molecule is CC(Cl)CNCc1ccc(F)c(Cl)c1. The summed E-state index contributed by atoms with van der Waals surface area (Å²) in [5.74, 6) is -0.388. The van der Waals surface area contributed by atoms with Crippen LogP contribution in [0.2, 0.25) is 5.02 Å². The molecule has 0 radical (unpaired) electrons. The van der Waals surface area contributed by atoms with E-state index in [1.165, 1.54) is 6.07 Å². The average molecular weight is 236 g/mol. The van der Waals surface area contributed by atoms with Crippen LogP contribution in [0.5, 0.6) is 0 Å². The molecule has 0 aliphatic heterocycles. The molecule has 0 spiro atoms. The fourth-order valence-corrected chi connectivity index (χ4v) is 1.38. The standard InChI is InChI=1S/C10H12Cl2FN/c1-7(11)5-14-6-8-2-3-10(13)9(12)4-8/h2-4,7,14H,5-6H2,1H3. The van der Waals surface area contributed by atoms with E-state index in [0.29, 0.717) is 6.54 Å². The molecule has 1 nitrogen and oxygen atoms in total. The number of hydrogen-bond donors (Lipinski definition) is 1. The van der Waals surface area contributed by atoms with Gasteiger partial charge in [-0.05, 0) is 24.6 Å². The summed E-state index contributed by atoms with van der Waals surface area (Å²) in [5.41, 5.74) is 0.953. The van der Waals surface area contributed by atoms with Gasteiger partial charge in [-0.25, -0.2) is 4.39 Å². The molecule has 14 heavy (non-hydrogen) atoms. The van der Waals surface area contributed by atoms with Gasteiger partial charge in [0.1, 0.15) is 5.82 Å². The molecule has 1 unspecified atom stereocenters. The minimum Gasteiger partial charge on any atom is -0.311 e. The molecule has 1 rings (SSSR count). The lowest BCUT2D eigenvalue weighted by Crippen LogP contribution is -2.20. The quantitative estimate of drug-likeness (QED) is 0.791. The van der Waals surface area contributed by atoms with Gasteiger partial charge < -0.3 is 5.32 Å². The highest BCUT2D eigenvalue weighted by atomic mass is 35.5. The lowest BCUT2D eigenvalue weighted by molar-refractivity contribution is 0.625.